The third kappa shape index (κ3) is 6.52. The molecule has 1 heterocycles. The summed E-state index contributed by atoms with van der Waals surface area (Å²) in [5, 5.41) is 7.57. The number of halogens is 3. The van der Waals surface area contributed by atoms with E-state index in [1.807, 2.05) is 13.1 Å². The Bertz CT molecular complexity index is 678. The zero-order valence-corrected chi connectivity index (χ0v) is 17.5. The molecule has 4 nitrogen and oxygen atoms in total. The first-order valence-corrected chi connectivity index (χ1v) is 8.71. The van der Waals surface area contributed by atoms with Crippen LogP contribution in [0.2, 0.25) is 5.02 Å². The molecular formula is C16H21ClFIN4S. The van der Waals surface area contributed by atoms with Gasteiger partial charge in [-0.05, 0) is 31.0 Å². The van der Waals surface area contributed by atoms with Crippen molar-refractivity contribution >= 4 is 52.9 Å². The molecule has 0 aliphatic heterocycles. The van der Waals surface area contributed by atoms with Crippen molar-refractivity contribution < 1.29 is 4.39 Å². The molecule has 0 aliphatic rings. The zero-order valence-electron chi connectivity index (χ0n) is 13.6. The highest BCUT2D eigenvalue weighted by molar-refractivity contribution is 14.0. The van der Waals surface area contributed by atoms with Crippen LogP contribution < -0.4 is 10.6 Å². The molecule has 0 saturated carbocycles. The molecule has 2 rings (SSSR count). The SMILES string of the molecule is CCNC(=NCc1ccc(F)c(Cl)c1)NCc1ncc(CC)s1.I. The number of thiazole rings is 1. The van der Waals surface area contributed by atoms with Gasteiger partial charge in [0.1, 0.15) is 10.8 Å². The number of aryl methyl sites for hydroxylation is 1. The maximum atomic E-state index is 13.2. The van der Waals surface area contributed by atoms with Crippen molar-refractivity contribution in [2.75, 3.05) is 6.54 Å². The Balaban J connectivity index is 0.00000288. The smallest absolute Gasteiger partial charge is 0.191 e. The minimum absolute atomic E-state index is 0. The number of nitrogens with zero attached hydrogens (tertiary/aromatic N) is 2. The zero-order chi connectivity index (χ0) is 16.7. The summed E-state index contributed by atoms with van der Waals surface area (Å²) in [7, 11) is 0. The maximum Gasteiger partial charge on any atom is 0.191 e. The fourth-order valence-electron chi connectivity index (χ4n) is 1.90. The summed E-state index contributed by atoms with van der Waals surface area (Å²) < 4.78 is 13.2. The molecule has 0 saturated heterocycles. The Morgan fingerprint density at radius 1 is 1.33 bits per heavy atom. The number of guanidine groups is 1. The van der Waals surface area contributed by atoms with E-state index in [2.05, 4.69) is 27.5 Å². The maximum absolute atomic E-state index is 13.2. The Hall–Kier alpha value is -0.930. The minimum Gasteiger partial charge on any atom is -0.357 e. The van der Waals surface area contributed by atoms with Crippen LogP contribution in [0.1, 0.15) is 29.3 Å². The molecule has 24 heavy (non-hydrogen) atoms. The number of aromatic nitrogens is 1. The highest BCUT2D eigenvalue weighted by Gasteiger charge is 2.04. The lowest BCUT2D eigenvalue weighted by Gasteiger charge is -2.10. The molecular weight excluding hydrogens is 462 g/mol. The van der Waals surface area contributed by atoms with Gasteiger partial charge in [0.05, 0.1) is 18.1 Å². The van der Waals surface area contributed by atoms with Gasteiger partial charge in [-0.1, -0.05) is 24.6 Å². The van der Waals surface area contributed by atoms with E-state index in [-0.39, 0.29) is 29.0 Å². The molecule has 0 amide bonds. The van der Waals surface area contributed by atoms with Gasteiger partial charge in [-0.25, -0.2) is 14.4 Å². The van der Waals surface area contributed by atoms with Gasteiger partial charge in [-0.3, -0.25) is 0 Å². The third-order valence-corrected chi connectivity index (χ3v) is 4.54. The molecule has 0 atom stereocenters. The second-order valence-electron chi connectivity index (χ2n) is 4.87. The molecule has 2 aromatic rings. The molecule has 0 radical (unpaired) electrons. The summed E-state index contributed by atoms with van der Waals surface area (Å²) in [5.41, 5.74) is 0.858. The van der Waals surface area contributed by atoms with Crippen LogP contribution in [0.25, 0.3) is 0 Å². The summed E-state index contributed by atoms with van der Waals surface area (Å²) in [6, 6.07) is 4.64. The van der Waals surface area contributed by atoms with Crippen molar-refractivity contribution in [1.82, 2.24) is 15.6 Å². The molecule has 1 aromatic heterocycles. The number of hydrogen-bond acceptors (Lipinski definition) is 3. The monoisotopic (exact) mass is 482 g/mol. The molecule has 2 N–H and O–H groups in total. The predicted octanol–water partition coefficient (Wildman–Crippen LogP) is 4.37. The van der Waals surface area contributed by atoms with Gasteiger partial charge in [0, 0.05) is 17.6 Å². The summed E-state index contributed by atoms with van der Waals surface area (Å²) in [5.74, 6) is 0.279. The van der Waals surface area contributed by atoms with Crippen LogP contribution in [0.5, 0.6) is 0 Å². The molecule has 0 aliphatic carbocycles. The summed E-state index contributed by atoms with van der Waals surface area (Å²) >= 11 is 7.48. The molecule has 132 valence electrons. The lowest BCUT2D eigenvalue weighted by Crippen LogP contribution is -2.36. The number of aliphatic imine (C=N–C) groups is 1. The van der Waals surface area contributed by atoms with Gasteiger partial charge in [0.2, 0.25) is 0 Å². The van der Waals surface area contributed by atoms with E-state index >= 15 is 0 Å². The van der Waals surface area contributed by atoms with Crippen molar-refractivity contribution in [3.63, 3.8) is 0 Å². The number of rotatable bonds is 6. The standard InChI is InChI=1S/C16H20ClFN4S.HI/c1-3-12-9-20-15(23-12)10-22-16(19-4-2)21-8-11-5-6-14(18)13(17)7-11;/h5-7,9H,3-4,8,10H2,1-2H3,(H2,19,21,22);1H. The summed E-state index contributed by atoms with van der Waals surface area (Å²) in [6.07, 6.45) is 2.91. The van der Waals surface area contributed by atoms with Crippen LogP contribution in [0.4, 0.5) is 4.39 Å². The molecule has 0 fully saturated rings. The molecule has 8 heteroatoms. The topological polar surface area (TPSA) is 49.3 Å². The Morgan fingerprint density at radius 3 is 2.75 bits per heavy atom. The van der Waals surface area contributed by atoms with E-state index < -0.39 is 5.82 Å². The second-order valence-corrected chi connectivity index (χ2v) is 6.48. The van der Waals surface area contributed by atoms with Crippen LogP contribution in [0.15, 0.2) is 29.4 Å². The van der Waals surface area contributed by atoms with Crippen molar-refractivity contribution in [2.24, 2.45) is 4.99 Å². The van der Waals surface area contributed by atoms with Crippen molar-refractivity contribution in [2.45, 2.75) is 33.4 Å². The van der Waals surface area contributed by atoms with Crippen molar-refractivity contribution in [3.05, 3.63) is 50.7 Å². The summed E-state index contributed by atoms with van der Waals surface area (Å²) in [4.78, 5) is 10.1. The molecule has 0 unspecified atom stereocenters. The summed E-state index contributed by atoms with van der Waals surface area (Å²) in [6.45, 7) is 5.93. The quantitative estimate of drug-likeness (QED) is 0.365. The highest BCUT2D eigenvalue weighted by atomic mass is 127. The van der Waals surface area contributed by atoms with Gasteiger partial charge in [0.25, 0.3) is 0 Å². The average Bonchev–Trinajstić information content (AvgIpc) is 3.01. The lowest BCUT2D eigenvalue weighted by atomic mass is 10.2. The van der Waals surface area contributed by atoms with E-state index in [0.717, 1.165) is 23.5 Å². The van der Waals surface area contributed by atoms with Gasteiger partial charge < -0.3 is 10.6 Å². The minimum atomic E-state index is -0.417. The largest absolute Gasteiger partial charge is 0.357 e. The van der Waals surface area contributed by atoms with Crippen LogP contribution in [-0.2, 0) is 19.5 Å². The Kier molecular flexibility index (Phi) is 9.53. The van der Waals surface area contributed by atoms with Gasteiger partial charge in [-0.2, -0.15) is 0 Å². The van der Waals surface area contributed by atoms with Crippen molar-refractivity contribution in [3.8, 4) is 0 Å². The first-order chi connectivity index (χ1) is 11.1. The van der Waals surface area contributed by atoms with Gasteiger partial charge >= 0.3 is 0 Å². The number of benzene rings is 1. The molecule has 0 spiro atoms. The highest BCUT2D eigenvalue weighted by Crippen LogP contribution is 2.16. The molecule has 0 bridgehead atoms. The fraction of sp³-hybridized carbons (Fsp3) is 0.375. The van der Waals surface area contributed by atoms with Crippen LogP contribution in [0, 0.1) is 5.82 Å². The molecule has 1 aromatic carbocycles. The fourth-order valence-corrected chi connectivity index (χ4v) is 2.91. The third-order valence-electron chi connectivity index (χ3n) is 3.10. The van der Waals surface area contributed by atoms with Crippen LogP contribution >= 0.6 is 46.9 Å². The predicted molar refractivity (Wildman–Crippen MR) is 110 cm³/mol. The van der Waals surface area contributed by atoms with Crippen LogP contribution in [0.3, 0.4) is 0 Å². The van der Waals surface area contributed by atoms with E-state index in [1.165, 1.54) is 10.9 Å². The van der Waals surface area contributed by atoms with E-state index in [4.69, 9.17) is 11.6 Å². The van der Waals surface area contributed by atoms with Crippen LogP contribution in [-0.4, -0.2) is 17.5 Å². The number of hydrogen-bond donors (Lipinski definition) is 2. The second kappa shape index (κ2) is 10.8. The normalized spacial score (nSPS) is 11.1. The average molecular weight is 483 g/mol. The van der Waals surface area contributed by atoms with Gasteiger partial charge in [-0.15, -0.1) is 35.3 Å². The Morgan fingerprint density at radius 2 is 2.12 bits per heavy atom. The van der Waals surface area contributed by atoms with E-state index in [9.17, 15) is 4.39 Å². The van der Waals surface area contributed by atoms with Crippen molar-refractivity contribution in [1.29, 1.82) is 0 Å². The Labute approximate surface area is 168 Å². The first-order valence-electron chi connectivity index (χ1n) is 7.52. The lowest BCUT2D eigenvalue weighted by molar-refractivity contribution is 0.627. The van der Waals surface area contributed by atoms with Gasteiger partial charge in [0.15, 0.2) is 5.96 Å². The van der Waals surface area contributed by atoms with E-state index in [1.54, 1.807) is 23.5 Å². The number of nitrogens with one attached hydrogen (secondary N) is 2. The van der Waals surface area contributed by atoms with E-state index in [0.29, 0.717) is 19.0 Å². The first kappa shape index (κ1) is 21.1.